The second-order valence-corrected chi connectivity index (χ2v) is 3.45. The van der Waals surface area contributed by atoms with E-state index in [-0.39, 0.29) is 13.2 Å². The summed E-state index contributed by atoms with van der Waals surface area (Å²) in [5.74, 6) is -0.794. The number of ether oxygens (including phenoxy) is 1. The third kappa shape index (κ3) is 3.69. The number of nitrogens with two attached hydrogens (primary N) is 1. The molecule has 0 spiro atoms. The van der Waals surface area contributed by atoms with E-state index in [0.717, 1.165) is 0 Å². The van der Waals surface area contributed by atoms with Gasteiger partial charge >= 0.3 is 11.9 Å². The normalized spacial score (nSPS) is 9.89. The monoisotopic (exact) mass is 252 g/mol. The first kappa shape index (κ1) is 13.9. The van der Waals surface area contributed by atoms with Gasteiger partial charge in [-0.1, -0.05) is 6.92 Å². The molecule has 7 nitrogen and oxygen atoms in total. The second kappa shape index (κ2) is 6.53. The first-order valence-electron chi connectivity index (χ1n) is 5.63. The van der Waals surface area contributed by atoms with Crippen molar-refractivity contribution in [1.82, 2.24) is 15.3 Å². The summed E-state index contributed by atoms with van der Waals surface area (Å²) in [6.45, 7) is 3.79. The van der Waals surface area contributed by atoms with Crippen LogP contribution in [0.1, 0.15) is 25.2 Å². The summed E-state index contributed by atoms with van der Waals surface area (Å²) in [5.41, 5.74) is 6.26. The molecule has 1 rings (SSSR count). The Labute approximate surface area is 105 Å². The molecular formula is C11H16N4O3. The Morgan fingerprint density at radius 1 is 1.44 bits per heavy atom. The molecule has 0 unspecified atom stereocenters. The maximum Gasteiger partial charge on any atom is 0.396 e. The van der Waals surface area contributed by atoms with Crippen LogP contribution in [0.2, 0.25) is 0 Å². The Bertz CT molecular complexity index is 448. The number of carbonyl (C=O) groups excluding carboxylic acids is 2. The molecule has 1 aromatic heterocycles. The molecule has 0 aliphatic carbocycles. The highest BCUT2D eigenvalue weighted by Crippen LogP contribution is 2.07. The zero-order chi connectivity index (χ0) is 13.5. The van der Waals surface area contributed by atoms with Gasteiger partial charge < -0.3 is 15.8 Å². The Balaban J connectivity index is 2.58. The van der Waals surface area contributed by atoms with Gasteiger partial charge in [0.15, 0.2) is 0 Å². The summed E-state index contributed by atoms with van der Waals surface area (Å²) in [5, 5.41) is 2.39. The van der Waals surface area contributed by atoms with Crippen molar-refractivity contribution in [3.8, 4) is 0 Å². The fraction of sp³-hybridized carbons (Fsp3) is 0.455. The Morgan fingerprint density at radius 2 is 2.17 bits per heavy atom. The quantitative estimate of drug-likeness (QED) is 0.567. The van der Waals surface area contributed by atoms with Crippen molar-refractivity contribution < 1.29 is 14.3 Å². The predicted molar refractivity (Wildman–Crippen MR) is 64.3 cm³/mol. The molecule has 0 fully saturated rings. The van der Waals surface area contributed by atoms with Crippen molar-refractivity contribution in [2.45, 2.75) is 26.8 Å². The van der Waals surface area contributed by atoms with Crippen LogP contribution in [0.15, 0.2) is 6.20 Å². The number of carbonyl (C=O) groups is 2. The second-order valence-electron chi connectivity index (χ2n) is 3.45. The summed E-state index contributed by atoms with van der Waals surface area (Å²) >= 11 is 0. The molecule has 98 valence electrons. The first-order valence-corrected chi connectivity index (χ1v) is 5.63. The highest BCUT2D eigenvalue weighted by molar-refractivity contribution is 6.32. The van der Waals surface area contributed by atoms with E-state index in [1.807, 2.05) is 6.92 Å². The highest BCUT2D eigenvalue weighted by Gasteiger charge is 2.14. The third-order valence-electron chi connectivity index (χ3n) is 2.16. The Hall–Kier alpha value is -2.18. The van der Waals surface area contributed by atoms with E-state index in [1.165, 1.54) is 6.20 Å². The number of hydrogen-bond acceptors (Lipinski definition) is 6. The molecule has 1 heterocycles. The number of hydrogen-bond donors (Lipinski definition) is 2. The predicted octanol–water partition coefficient (Wildman–Crippen LogP) is -0.199. The molecule has 18 heavy (non-hydrogen) atoms. The summed E-state index contributed by atoms with van der Waals surface area (Å²) in [6.07, 6.45) is 2.21. The van der Waals surface area contributed by atoms with Gasteiger partial charge in [0, 0.05) is 24.7 Å². The zero-order valence-electron chi connectivity index (χ0n) is 10.4. The standard InChI is InChI=1S/C11H16N4O3/c1-3-8-13-5-7(9(12)15-8)6-14-10(16)11(17)18-4-2/h5H,3-4,6H2,1-2H3,(H,14,16)(H2,12,13,15). The van der Waals surface area contributed by atoms with Crippen LogP contribution in [-0.4, -0.2) is 28.5 Å². The summed E-state index contributed by atoms with van der Waals surface area (Å²) < 4.78 is 4.55. The molecule has 0 radical (unpaired) electrons. The van der Waals surface area contributed by atoms with Gasteiger partial charge in [0.1, 0.15) is 11.6 Å². The molecule has 0 saturated carbocycles. The lowest BCUT2D eigenvalue weighted by Crippen LogP contribution is -2.32. The number of nitrogens with zero attached hydrogens (tertiary/aromatic N) is 2. The number of rotatable bonds is 4. The van der Waals surface area contributed by atoms with E-state index >= 15 is 0 Å². The first-order chi connectivity index (χ1) is 8.58. The van der Waals surface area contributed by atoms with E-state index in [1.54, 1.807) is 6.92 Å². The topological polar surface area (TPSA) is 107 Å². The summed E-state index contributed by atoms with van der Waals surface area (Å²) in [6, 6.07) is 0. The number of aryl methyl sites for hydroxylation is 1. The molecule has 7 heteroatoms. The molecule has 1 amide bonds. The Kier molecular flexibility index (Phi) is 5.04. The number of esters is 1. The summed E-state index contributed by atoms with van der Waals surface area (Å²) in [4.78, 5) is 30.4. The van der Waals surface area contributed by atoms with Gasteiger partial charge in [-0.25, -0.2) is 14.8 Å². The van der Waals surface area contributed by atoms with Crippen LogP contribution in [0.5, 0.6) is 0 Å². The number of aromatic nitrogens is 2. The van der Waals surface area contributed by atoms with E-state index in [9.17, 15) is 9.59 Å². The number of nitrogens with one attached hydrogen (secondary N) is 1. The Morgan fingerprint density at radius 3 is 2.72 bits per heavy atom. The van der Waals surface area contributed by atoms with Crippen LogP contribution in [-0.2, 0) is 27.3 Å². The van der Waals surface area contributed by atoms with Gasteiger partial charge in [0.25, 0.3) is 0 Å². The lowest BCUT2D eigenvalue weighted by Gasteiger charge is -2.07. The van der Waals surface area contributed by atoms with Crippen molar-refractivity contribution in [2.75, 3.05) is 12.3 Å². The van der Waals surface area contributed by atoms with E-state index < -0.39 is 11.9 Å². The molecule has 0 bridgehead atoms. The van der Waals surface area contributed by atoms with Gasteiger partial charge in [0.2, 0.25) is 0 Å². The molecule has 1 aromatic rings. The maximum absolute atomic E-state index is 11.3. The van der Waals surface area contributed by atoms with Crippen LogP contribution in [0.25, 0.3) is 0 Å². The van der Waals surface area contributed by atoms with Crippen LogP contribution < -0.4 is 11.1 Å². The smallest absolute Gasteiger partial charge is 0.396 e. The lowest BCUT2D eigenvalue weighted by molar-refractivity contribution is -0.154. The molecule has 0 aliphatic heterocycles. The molecule has 0 aromatic carbocycles. The van der Waals surface area contributed by atoms with Crippen molar-refractivity contribution in [2.24, 2.45) is 0 Å². The van der Waals surface area contributed by atoms with Crippen molar-refractivity contribution >= 4 is 17.7 Å². The van der Waals surface area contributed by atoms with Crippen LogP contribution >= 0.6 is 0 Å². The average Bonchev–Trinajstić information content (AvgIpc) is 2.37. The lowest BCUT2D eigenvalue weighted by atomic mass is 10.3. The number of amides is 1. The van der Waals surface area contributed by atoms with Gasteiger partial charge in [-0.05, 0) is 6.92 Å². The van der Waals surface area contributed by atoms with Crippen LogP contribution in [0.4, 0.5) is 5.82 Å². The minimum absolute atomic E-state index is 0.0907. The summed E-state index contributed by atoms with van der Waals surface area (Å²) in [7, 11) is 0. The largest absolute Gasteiger partial charge is 0.459 e. The molecule has 0 aliphatic rings. The molecule has 0 atom stereocenters. The molecular weight excluding hydrogens is 236 g/mol. The maximum atomic E-state index is 11.3. The number of anilines is 1. The minimum Gasteiger partial charge on any atom is -0.459 e. The molecule has 0 saturated heterocycles. The fourth-order valence-corrected chi connectivity index (χ4v) is 1.21. The fourth-order valence-electron chi connectivity index (χ4n) is 1.21. The van der Waals surface area contributed by atoms with Gasteiger partial charge in [0.05, 0.1) is 6.61 Å². The van der Waals surface area contributed by atoms with Crippen LogP contribution in [0.3, 0.4) is 0 Å². The minimum atomic E-state index is -0.915. The SMILES string of the molecule is CCOC(=O)C(=O)NCc1cnc(CC)nc1N. The zero-order valence-corrected chi connectivity index (χ0v) is 10.4. The third-order valence-corrected chi connectivity index (χ3v) is 2.16. The number of nitrogen functional groups attached to an aromatic ring is 1. The van der Waals surface area contributed by atoms with Crippen molar-refractivity contribution in [3.05, 3.63) is 17.6 Å². The average molecular weight is 252 g/mol. The van der Waals surface area contributed by atoms with Crippen molar-refractivity contribution in [3.63, 3.8) is 0 Å². The van der Waals surface area contributed by atoms with Gasteiger partial charge in [-0.3, -0.25) is 4.79 Å². The van der Waals surface area contributed by atoms with Crippen LogP contribution in [0, 0.1) is 0 Å². The van der Waals surface area contributed by atoms with E-state index in [4.69, 9.17) is 5.73 Å². The van der Waals surface area contributed by atoms with Gasteiger partial charge in [-0.15, -0.1) is 0 Å². The van der Waals surface area contributed by atoms with E-state index in [2.05, 4.69) is 20.0 Å². The highest BCUT2D eigenvalue weighted by atomic mass is 16.5. The van der Waals surface area contributed by atoms with Gasteiger partial charge in [-0.2, -0.15) is 0 Å². The molecule has 3 N–H and O–H groups in total. The van der Waals surface area contributed by atoms with E-state index in [0.29, 0.717) is 23.6 Å². The van der Waals surface area contributed by atoms with Crippen molar-refractivity contribution in [1.29, 1.82) is 0 Å².